The third-order valence-corrected chi connectivity index (χ3v) is 6.70. The smallest absolute Gasteiger partial charge is 0.422 e. The van der Waals surface area contributed by atoms with Crippen LogP contribution in [0.25, 0.3) is 0 Å². The first-order chi connectivity index (χ1) is 16.6. The number of morpholine rings is 1. The topological polar surface area (TPSA) is 90.6 Å². The lowest BCUT2D eigenvalue weighted by Gasteiger charge is -2.32. The van der Waals surface area contributed by atoms with Gasteiger partial charge >= 0.3 is 12.2 Å². The van der Waals surface area contributed by atoms with Crippen LogP contribution in [0.1, 0.15) is 18.9 Å². The number of halogens is 4. The molecule has 13 heteroatoms. The van der Waals surface area contributed by atoms with E-state index in [4.69, 9.17) is 14.2 Å². The number of hydrogen-bond donors (Lipinski definition) is 0. The Bertz CT molecular complexity index is 993. The molecule has 192 valence electrons. The van der Waals surface area contributed by atoms with E-state index in [1.54, 1.807) is 34.4 Å². The van der Waals surface area contributed by atoms with E-state index in [1.807, 2.05) is 15.9 Å². The van der Waals surface area contributed by atoms with Crippen LogP contribution >= 0.6 is 22.6 Å². The molecule has 0 radical (unpaired) electrons. The van der Waals surface area contributed by atoms with Crippen molar-refractivity contribution in [3.05, 3.63) is 15.2 Å². The molecule has 2 saturated heterocycles. The number of methoxy groups -OCH3 is 1. The Hall–Kier alpha value is -2.47. The second-order valence-corrected chi connectivity index (χ2v) is 9.08. The Morgan fingerprint density at radius 1 is 1.17 bits per heavy atom. The Morgan fingerprint density at radius 3 is 2.43 bits per heavy atom. The van der Waals surface area contributed by atoms with Gasteiger partial charge in [-0.25, -0.2) is 9.79 Å². The molecule has 1 aromatic rings. The lowest BCUT2D eigenvalue weighted by molar-refractivity contribution is -0.153. The molecule has 0 N–H and O–H groups in total. The summed E-state index contributed by atoms with van der Waals surface area (Å²) in [7, 11) is 1.31. The normalized spacial score (nSPS) is 17.6. The predicted molar refractivity (Wildman–Crippen MR) is 130 cm³/mol. The average Bonchev–Trinajstić information content (AvgIpc) is 3.09. The van der Waals surface area contributed by atoms with Gasteiger partial charge in [-0.15, -0.1) is 0 Å². The van der Waals surface area contributed by atoms with E-state index >= 15 is 0 Å². The minimum Gasteiger partial charge on any atom is -0.493 e. The molecule has 3 rings (SSSR count). The van der Waals surface area contributed by atoms with Gasteiger partial charge in [0.1, 0.15) is 11.9 Å². The monoisotopic (exact) mass is 609 g/mol. The van der Waals surface area contributed by atoms with E-state index < -0.39 is 12.8 Å². The van der Waals surface area contributed by atoms with Gasteiger partial charge in [0.15, 0.2) is 18.1 Å². The Labute approximate surface area is 215 Å². The van der Waals surface area contributed by atoms with Crippen molar-refractivity contribution in [2.75, 3.05) is 66.2 Å². The molecule has 2 heterocycles. The summed E-state index contributed by atoms with van der Waals surface area (Å²) in [5.74, 6) is 0.539. The second-order valence-electron chi connectivity index (χ2n) is 8.00. The van der Waals surface area contributed by atoms with Crippen LogP contribution in [0.4, 0.5) is 23.7 Å². The lowest BCUT2D eigenvalue weighted by atomic mass is 10.1. The van der Waals surface area contributed by atoms with Gasteiger partial charge in [0.25, 0.3) is 0 Å². The molecule has 0 atom stereocenters. The number of carbonyl (C=O) groups excluding carboxylic acids is 1. The predicted octanol–water partition coefficient (Wildman–Crippen LogP) is 3.62. The fraction of sp³-hybridized carbons (Fsp3) is 0.591. The Morgan fingerprint density at radius 2 is 1.80 bits per heavy atom. The first kappa shape index (κ1) is 27.1. The van der Waals surface area contributed by atoms with Crippen molar-refractivity contribution in [2.24, 2.45) is 4.99 Å². The van der Waals surface area contributed by atoms with E-state index in [-0.39, 0.29) is 32.4 Å². The van der Waals surface area contributed by atoms with Gasteiger partial charge in [0.2, 0.25) is 0 Å². The van der Waals surface area contributed by atoms with E-state index in [9.17, 15) is 23.2 Å². The fourth-order valence-electron chi connectivity index (χ4n) is 3.86. The molecule has 2 fully saturated rings. The molecule has 0 spiro atoms. The maximum Gasteiger partial charge on any atom is 0.422 e. The number of aliphatic imine (C=N–C) groups is 1. The lowest BCUT2D eigenvalue weighted by Crippen LogP contribution is -2.49. The van der Waals surface area contributed by atoms with Crippen LogP contribution < -0.4 is 9.47 Å². The minimum atomic E-state index is -4.53. The maximum absolute atomic E-state index is 12.8. The van der Waals surface area contributed by atoms with Gasteiger partial charge < -0.3 is 28.9 Å². The third kappa shape index (κ3) is 7.03. The highest BCUT2D eigenvalue weighted by Crippen LogP contribution is 2.41. The highest BCUT2D eigenvalue weighted by atomic mass is 127. The van der Waals surface area contributed by atoms with E-state index in [0.717, 1.165) is 6.42 Å². The van der Waals surface area contributed by atoms with Gasteiger partial charge in [-0.2, -0.15) is 18.4 Å². The fourth-order valence-corrected chi connectivity index (χ4v) is 4.68. The standard InChI is InChI=1S/C22H27F3IN5O4/c1-15(29-4-3-5-30(7-6-29)21(32)31-8-10-34-11-9-31)28-17-12-18(33-2)20(19(26)16(17)13-27)35-14-22(23,24)25/h12H,3-11,14H2,1-2H3/b28-15+. The summed E-state index contributed by atoms with van der Waals surface area (Å²) >= 11 is 1.77. The number of carbonyl (C=O) groups is 1. The molecular formula is C22H27F3IN5O4. The molecule has 9 nitrogen and oxygen atoms in total. The number of benzene rings is 1. The van der Waals surface area contributed by atoms with Crippen LogP contribution in [0, 0.1) is 14.9 Å². The van der Waals surface area contributed by atoms with Crippen LogP contribution in [-0.4, -0.2) is 98.9 Å². The molecule has 0 unspecified atom stereocenters. The summed E-state index contributed by atoms with van der Waals surface area (Å²) in [4.78, 5) is 23.1. The van der Waals surface area contributed by atoms with Crippen LogP contribution in [0.3, 0.4) is 0 Å². The molecule has 2 aliphatic heterocycles. The SMILES string of the molecule is COc1cc(/N=C(\C)N2CCCN(C(=O)N3CCOCC3)CC2)c(C#N)c(I)c1OCC(F)(F)F. The molecule has 0 bridgehead atoms. The first-order valence-corrected chi connectivity index (χ1v) is 12.1. The average molecular weight is 609 g/mol. The summed E-state index contributed by atoms with van der Waals surface area (Å²) in [5.41, 5.74) is 0.373. The number of rotatable bonds is 4. The van der Waals surface area contributed by atoms with Crippen LogP contribution in [-0.2, 0) is 4.74 Å². The van der Waals surface area contributed by atoms with Crippen LogP contribution in [0.5, 0.6) is 11.5 Å². The maximum atomic E-state index is 12.8. The van der Waals surface area contributed by atoms with Gasteiger partial charge in [-0.3, -0.25) is 0 Å². The summed E-state index contributed by atoms with van der Waals surface area (Å²) in [5, 5.41) is 9.69. The number of amidine groups is 1. The van der Waals surface area contributed by atoms with Gasteiger partial charge in [0.05, 0.1) is 35.1 Å². The zero-order chi connectivity index (χ0) is 25.6. The summed E-state index contributed by atoms with van der Waals surface area (Å²) in [6, 6.07) is 3.42. The number of urea groups is 1. The van der Waals surface area contributed by atoms with Gasteiger partial charge in [0, 0.05) is 45.3 Å². The van der Waals surface area contributed by atoms with Crippen LogP contribution in [0.15, 0.2) is 11.1 Å². The third-order valence-electron chi connectivity index (χ3n) is 5.67. The van der Waals surface area contributed by atoms with Crippen molar-refractivity contribution in [1.82, 2.24) is 14.7 Å². The van der Waals surface area contributed by atoms with E-state index in [0.29, 0.717) is 58.3 Å². The summed E-state index contributed by atoms with van der Waals surface area (Å²) < 4.78 is 53.7. The number of amides is 2. The summed E-state index contributed by atoms with van der Waals surface area (Å²) in [6.45, 7) is 4.94. The van der Waals surface area contributed by atoms with Crippen molar-refractivity contribution in [3.8, 4) is 17.6 Å². The van der Waals surface area contributed by atoms with Crippen molar-refractivity contribution in [1.29, 1.82) is 5.26 Å². The number of ether oxygens (including phenoxy) is 3. The van der Waals surface area contributed by atoms with Crippen molar-refractivity contribution in [3.63, 3.8) is 0 Å². The first-order valence-electron chi connectivity index (χ1n) is 11.1. The highest BCUT2D eigenvalue weighted by Gasteiger charge is 2.31. The zero-order valence-electron chi connectivity index (χ0n) is 19.5. The van der Waals surface area contributed by atoms with Crippen LogP contribution in [0.2, 0.25) is 0 Å². The zero-order valence-corrected chi connectivity index (χ0v) is 21.7. The largest absolute Gasteiger partial charge is 0.493 e. The second kappa shape index (κ2) is 12.0. The molecule has 2 amide bonds. The van der Waals surface area contributed by atoms with Crippen molar-refractivity contribution < 1.29 is 32.2 Å². The van der Waals surface area contributed by atoms with E-state index in [2.05, 4.69) is 4.99 Å². The number of hydrogen-bond acceptors (Lipinski definition) is 6. The number of nitriles is 1. The molecule has 2 aliphatic rings. The Balaban J connectivity index is 1.77. The summed E-state index contributed by atoms with van der Waals surface area (Å²) in [6.07, 6.45) is -3.78. The minimum absolute atomic E-state index is 0.00486. The number of nitrogens with zero attached hydrogens (tertiary/aromatic N) is 5. The number of alkyl halides is 3. The Kier molecular flexibility index (Phi) is 9.28. The highest BCUT2D eigenvalue weighted by molar-refractivity contribution is 14.1. The molecule has 35 heavy (non-hydrogen) atoms. The quantitative estimate of drug-likeness (QED) is 0.295. The van der Waals surface area contributed by atoms with E-state index in [1.165, 1.54) is 13.2 Å². The molecule has 1 aromatic carbocycles. The van der Waals surface area contributed by atoms with Gasteiger partial charge in [-0.05, 0) is 35.9 Å². The molecule has 0 aromatic heterocycles. The molecule has 0 aliphatic carbocycles. The molecular weight excluding hydrogens is 582 g/mol. The molecule has 0 saturated carbocycles. The van der Waals surface area contributed by atoms with Crippen molar-refractivity contribution in [2.45, 2.75) is 19.5 Å². The van der Waals surface area contributed by atoms with Crippen molar-refractivity contribution >= 4 is 40.1 Å². The van der Waals surface area contributed by atoms with Gasteiger partial charge in [-0.1, -0.05) is 0 Å².